The van der Waals surface area contributed by atoms with Crippen molar-refractivity contribution < 1.29 is 9.90 Å². The highest BCUT2D eigenvalue weighted by molar-refractivity contribution is 9.10. The normalized spacial score (nSPS) is 12.3. The quantitative estimate of drug-likeness (QED) is 0.698. The van der Waals surface area contributed by atoms with Crippen LogP contribution in [0.1, 0.15) is 19.4 Å². The minimum atomic E-state index is -0.835. The summed E-state index contributed by atoms with van der Waals surface area (Å²) in [6.07, 6.45) is 4.31. The van der Waals surface area contributed by atoms with E-state index in [0.29, 0.717) is 13.0 Å². The van der Waals surface area contributed by atoms with Crippen LogP contribution in [0.5, 0.6) is 0 Å². The van der Waals surface area contributed by atoms with Crippen molar-refractivity contribution in [1.82, 2.24) is 10.3 Å². The number of carboxylic acids is 1. The monoisotopic (exact) mass is 350 g/mol. The molecule has 0 fully saturated rings. The van der Waals surface area contributed by atoms with Gasteiger partial charge < -0.3 is 15.4 Å². The van der Waals surface area contributed by atoms with Gasteiger partial charge in [-0.2, -0.15) is 0 Å². The Balaban J connectivity index is 2.19. The van der Waals surface area contributed by atoms with Crippen LogP contribution in [-0.2, 0) is 11.2 Å². The molecule has 0 bridgehead atoms. The molecule has 0 spiro atoms. The van der Waals surface area contributed by atoms with E-state index in [0.717, 1.165) is 20.9 Å². The standard InChI is InChI=1S/C16H19BrN2O2/c1-10(2)6-7-18-14(16(20)21)8-11-9-19-13-5-3-4-12(17)15(11)13/h3-6,9,14,18-19H,7-8H2,1-2H3,(H,20,21). The van der Waals surface area contributed by atoms with Gasteiger partial charge in [0.15, 0.2) is 0 Å². The molecule has 1 heterocycles. The Morgan fingerprint density at radius 3 is 2.90 bits per heavy atom. The molecule has 21 heavy (non-hydrogen) atoms. The van der Waals surface area contributed by atoms with E-state index in [1.165, 1.54) is 5.57 Å². The Morgan fingerprint density at radius 1 is 1.48 bits per heavy atom. The summed E-state index contributed by atoms with van der Waals surface area (Å²) < 4.78 is 0.977. The minimum absolute atomic E-state index is 0.439. The van der Waals surface area contributed by atoms with Crippen molar-refractivity contribution in [3.8, 4) is 0 Å². The van der Waals surface area contributed by atoms with Crippen molar-refractivity contribution in [1.29, 1.82) is 0 Å². The van der Waals surface area contributed by atoms with E-state index in [2.05, 4.69) is 26.2 Å². The van der Waals surface area contributed by atoms with Crippen LogP contribution in [0.3, 0.4) is 0 Å². The third-order valence-electron chi connectivity index (χ3n) is 3.33. The Morgan fingerprint density at radius 2 is 2.24 bits per heavy atom. The molecule has 0 aliphatic rings. The lowest BCUT2D eigenvalue weighted by Gasteiger charge is -2.13. The van der Waals surface area contributed by atoms with Gasteiger partial charge in [-0.15, -0.1) is 0 Å². The van der Waals surface area contributed by atoms with E-state index in [-0.39, 0.29) is 0 Å². The van der Waals surface area contributed by atoms with Gasteiger partial charge >= 0.3 is 5.97 Å². The average molecular weight is 351 g/mol. The highest BCUT2D eigenvalue weighted by Crippen LogP contribution is 2.27. The summed E-state index contributed by atoms with van der Waals surface area (Å²) in [7, 11) is 0. The highest BCUT2D eigenvalue weighted by atomic mass is 79.9. The number of nitrogens with one attached hydrogen (secondary N) is 2. The summed E-state index contributed by atoms with van der Waals surface area (Å²) in [6, 6.07) is 5.29. The Hall–Kier alpha value is -1.59. The summed E-state index contributed by atoms with van der Waals surface area (Å²) >= 11 is 3.53. The zero-order valence-corrected chi connectivity index (χ0v) is 13.7. The first kappa shape index (κ1) is 15.8. The third kappa shape index (κ3) is 3.95. The fourth-order valence-corrected chi connectivity index (χ4v) is 2.86. The van der Waals surface area contributed by atoms with Crippen LogP contribution in [0.15, 0.2) is 40.5 Å². The van der Waals surface area contributed by atoms with Crippen LogP contribution in [0, 0.1) is 0 Å². The molecule has 112 valence electrons. The van der Waals surface area contributed by atoms with Crippen molar-refractivity contribution in [2.45, 2.75) is 26.3 Å². The fourth-order valence-electron chi connectivity index (χ4n) is 2.24. The van der Waals surface area contributed by atoms with Crippen molar-refractivity contribution in [3.05, 3.63) is 46.1 Å². The molecule has 5 heteroatoms. The molecule has 0 saturated heterocycles. The summed E-state index contributed by atoms with van der Waals surface area (Å²) in [4.78, 5) is 14.6. The van der Waals surface area contributed by atoms with Gasteiger partial charge in [0, 0.05) is 34.5 Å². The van der Waals surface area contributed by atoms with E-state index in [1.807, 2.05) is 44.3 Å². The zero-order valence-electron chi connectivity index (χ0n) is 12.1. The molecule has 0 aliphatic carbocycles. The molecule has 1 aromatic carbocycles. The number of carboxylic acid groups (broad SMARTS) is 1. The Kier molecular flexibility index (Phi) is 5.20. The second-order valence-corrected chi connectivity index (χ2v) is 6.12. The molecule has 1 atom stereocenters. The molecule has 2 aromatic rings. The second kappa shape index (κ2) is 6.91. The van der Waals surface area contributed by atoms with E-state index in [1.54, 1.807) is 0 Å². The molecule has 0 saturated carbocycles. The number of carbonyl (C=O) groups is 1. The maximum Gasteiger partial charge on any atom is 0.321 e. The SMILES string of the molecule is CC(C)=CCNC(Cc1c[nH]c2cccc(Br)c12)C(=O)O. The maximum absolute atomic E-state index is 11.4. The lowest BCUT2D eigenvalue weighted by atomic mass is 10.0. The van der Waals surface area contributed by atoms with Gasteiger partial charge in [-0.1, -0.05) is 33.6 Å². The van der Waals surface area contributed by atoms with Crippen molar-refractivity contribution in [2.75, 3.05) is 6.54 Å². The maximum atomic E-state index is 11.4. The lowest BCUT2D eigenvalue weighted by Crippen LogP contribution is -2.38. The zero-order chi connectivity index (χ0) is 15.4. The van der Waals surface area contributed by atoms with Crippen LogP contribution < -0.4 is 5.32 Å². The van der Waals surface area contributed by atoms with Gasteiger partial charge in [-0.3, -0.25) is 4.79 Å². The second-order valence-electron chi connectivity index (χ2n) is 5.26. The van der Waals surface area contributed by atoms with Crippen LogP contribution in [0.2, 0.25) is 0 Å². The number of rotatable bonds is 6. The van der Waals surface area contributed by atoms with Crippen molar-refractivity contribution >= 4 is 32.8 Å². The first-order chi connectivity index (χ1) is 9.99. The number of aromatic amines is 1. The number of H-pyrrole nitrogens is 1. The van der Waals surface area contributed by atoms with Crippen LogP contribution in [0.25, 0.3) is 10.9 Å². The summed E-state index contributed by atoms with van der Waals surface area (Å²) in [5.74, 6) is -0.835. The van der Waals surface area contributed by atoms with Gasteiger partial charge in [0.05, 0.1) is 0 Å². The number of fused-ring (bicyclic) bond motifs is 1. The molecule has 0 radical (unpaired) electrons. The van der Waals surface area contributed by atoms with Gasteiger partial charge in [-0.05, 0) is 31.5 Å². The molecular weight excluding hydrogens is 332 g/mol. The van der Waals surface area contributed by atoms with Crippen LogP contribution >= 0.6 is 15.9 Å². The Bertz CT molecular complexity index is 672. The summed E-state index contributed by atoms with van der Waals surface area (Å²) in [5.41, 5.74) is 3.17. The first-order valence-electron chi connectivity index (χ1n) is 6.83. The van der Waals surface area contributed by atoms with E-state index >= 15 is 0 Å². The lowest BCUT2D eigenvalue weighted by molar-refractivity contribution is -0.139. The number of hydrogen-bond donors (Lipinski definition) is 3. The summed E-state index contributed by atoms with van der Waals surface area (Å²) in [6.45, 7) is 4.55. The van der Waals surface area contributed by atoms with Crippen molar-refractivity contribution in [3.63, 3.8) is 0 Å². The van der Waals surface area contributed by atoms with E-state index < -0.39 is 12.0 Å². The number of benzene rings is 1. The molecular formula is C16H19BrN2O2. The first-order valence-corrected chi connectivity index (χ1v) is 7.62. The molecule has 1 unspecified atom stereocenters. The number of allylic oxidation sites excluding steroid dienone is 1. The largest absolute Gasteiger partial charge is 0.480 e. The average Bonchev–Trinajstić information content (AvgIpc) is 2.81. The Labute approximate surface area is 132 Å². The van der Waals surface area contributed by atoms with Crippen LogP contribution in [0.4, 0.5) is 0 Å². The highest BCUT2D eigenvalue weighted by Gasteiger charge is 2.19. The van der Waals surface area contributed by atoms with Crippen LogP contribution in [-0.4, -0.2) is 28.6 Å². The molecule has 0 aliphatic heterocycles. The fraction of sp³-hybridized carbons (Fsp3) is 0.312. The number of hydrogen-bond acceptors (Lipinski definition) is 2. The third-order valence-corrected chi connectivity index (χ3v) is 3.99. The topological polar surface area (TPSA) is 65.1 Å². The molecule has 0 amide bonds. The minimum Gasteiger partial charge on any atom is -0.480 e. The summed E-state index contributed by atoms with van der Waals surface area (Å²) in [5, 5.41) is 13.5. The van der Waals surface area contributed by atoms with Gasteiger partial charge in [-0.25, -0.2) is 0 Å². The molecule has 1 aromatic heterocycles. The van der Waals surface area contributed by atoms with E-state index in [9.17, 15) is 9.90 Å². The predicted octanol–water partition coefficient (Wildman–Crippen LogP) is 3.48. The molecule has 4 nitrogen and oxygen atoms in total. The predicted molar refractivity (Wildman–Crippen MR) is 88.6 cm³/mol. The molecule has 3 N–H and O–H groups in total. The van der Waals surface area contributed by atoms with Gasteiger partial charge in [0.2, 0.25) is 0 Å². The van der Waals surface area contributed by atoms with Gasteiger partial charge in [0.25, 0.3) is 0 Å². The van der Waals surface area contributed by atoms with E-state index in [4.69, 9.17) is 0 Å². The van der Waals surface area contributed by atoms with Gasteiger partial charge in [0.1, 0.15) is 6.04 Å². The molecule has 2 rings (SSSR count). The van der Waals surface area contributed by atoms with Crippen molar-refractivity contribution in [2.24, 2.45) is 0 Å². The number of aromatic nitrogens is 1. The number of halogens is 1. The number of aliphatic carboxylic acids is 1. The smallest absolute Gasteiger partial charge is 0.321 e.